The highest BCUT2D eigenvalue weighted by atomic mass is 19.4. The van der Waals surface area contributed by atoms with Crippen molar-refractivity contribution in [1.82, 2.24) is 10.2 Å². The summed E-state index contributed by atoms with van der Waals surface area (Å²) in [4.78, 5) is 0. The number of nitriles is 1. The van der Waals surface area contributed by atoms with Crippen molar-refractivity contribution in [2.45, 2.75) is 6.36 Å². The summed E-state index contributed by atoms with van der Waals surface area (Å²) >= 11 is 0. The number of alkyl halides is 3. The van der Waals surface area contributed by atoms with Crippen molar-refractivity contribution in [2.24, 2.45) is 0 Å². The highest BCUT2D eigenvalue weighted by Crippen LogP contribution is 2.26. The van der Waals surface area contributed by atoms with E-state index >= 15 is 0 Å². The van der Waals surface area contributed by atoms with Gasteiger partial charge in [-0.2, -0.15) is 10.4 Å². The van der Waals surface area contributed by atoms with Gasteiger partial charge in [-0.3, -0.25) is 5.10 Å². The molecule has 0 aliphatic carbocycles. The standard InChI is InChI=1S/C11H8F3N5O/c12-11(13,14)20-7-3-1-6(2-4-7)17-10-8(5-15)9(16)18-19-10/h1-4H,(H4,16,17,18,19). The Kier molecular flexibility index (Phi) is 3.39. The second kappa shape index (κ2) is 5.00. The van der Waals surface area contributed by atoms with Gasteiger partial charge in [-0.25, -0.2) is 0 Å². The summed E-state index contributed by atoms with van der Waals surface area (Å²) in [5.41, 5.74) is 6.03. The van der Waals surface area contributed by atoms with Crippen molar-refractivity contribution in [1.29, 1.82) is 5.26 Å². The Morgan fingerprint density at radius 3 is 2.50 bits per heavy atom. The molecule has 6 nitrogen and oxygen atoms in total. The molecule has 0 saturated carbocycles. The smallest absolute Gasteiger partial charge is 0.406 e. The molecule has 0 spiro atoms. The fourth-order valence-electron chi connectivity index (χ4n) is 1.44. The van der Waals surface area contributed by atoms with Gasteiger partial charge in [0, 0.05) is 5.69 Å². The first kappa shape index (κ1) is 13.5. The van der Waals surface area contributed by atoms with Gasteiger partial charge in [-0.05, 0) is 24.3 Å². The molecule has 2 rings (SSSR count). The molecule has 0 aliphatic rings. The molecule has 1 aromatic carbocycles. The summed E-state index contributed by atoms with van der Waals surface area (Å²) in [5.74, 6) is -0.0494. The topological polar surface area (TPSA) is 99.7 Å². The maximum absolute atomic E-state index is 12.0. The van der Waals surface area contributed by atoms with Gasteiger partial charge in [0.2, 0.25) is 0 Å². The van der Waals surface area contributed by atoms with Crippen molar-refractivity contribution in [3.63, 3.8) is 0 Å². The van der Waals surface area contributed by atoms with Crippen LogP contribution in [0.2, 0.25) is 0 Å². The molecule has 1 heterocycles. The van der Waals surface area contributed by atoms with E-state index in [1.807, 2.05) is 6.07 Å². The zero-order chi connectivity index (χ0) is 14.8. The fraction of sp³-hybridized carbons (Fsp3) is 0.0909. The third-order valence-electron chi connectivity index (χ3n) is 2.26. The number of aromatic nitrogens is 2. The zero-order valence-corrected chi connectivity index (χ0v) is 9.82. The van der Waals surface area contributed by atoms with Gasteiger partial charge in [-0.1, -0.05) is 0 Å². The van der Waals surface area contributed by atoms with Crippen LogP contribution in [0.15, 0.2) is 24.3 Å². The minimum atomic E-state index is -4.74. The molecule has 0 bridgehead atoms. The second-order valence-electron chi connectivity index (χ2n) is 3.67. The number of H-pyrrole nitrogens is 1. The van der Waals surface area contributed by atoms with Crippen LogP contribution >= 0.6 is 0 Å². The molecular weight excluding hydrogens is 275 g/mol. The number of anilines is 3. The lowest BCUT2D eigenvalue weighted by molar-refractivity contribution is -0.274. The molecule has 20 heavy (non-hydrogen) atoms. The van der Waals surface area contributed by atoms with Crippen molar-refractivity contribution < 1.29 is 17.9 Å². The molecular formula is C11H8F3N5O. The number of nitrogens with two attached hydrogens (primary N) is 1. The lowest BCUT2D eigenvalue weighted by atomic mass is 10.3. The van der Waals surface area contributed by atoms with E-state index in [4.69, 9.17) is 11.0 Å². The van der Waals surface area contributed by atoms with E-state index in [1.54, 1.807) is 0 Å². The fourth-order valence-corrected chi connectivity index (χ4v) is 1.44. The third-order valence-corrected chi connectivity index (χ3v) is 2.26. The predicted molar refractivity (Wildman–Crippen MR) is 64.1 cm³/mol. The molecule has 104 valence electrons. The molecule has 0 fully saturated rings. The lowest BCUT2D eigenvalue weighted by Gasteiger charge is -2.09. The number of nitrogens with zero attached hydrogens (tertiary/aromatic N) is 2. The summed E-state index contributed by atoms with van der Waals surface area (Å²) in [5, 5.41) is 17.8. The van der Waals surface area contributed by atoms with E-state index in [2.05, 4.69) is 20.3 Å². The van der Waals surface area contributed by atoms with E-state index in [0.29, 0.717) is 5.69 Å². The van der Waals surface area contributed by atoms with Gasteiger partial charge in [0.05, 0.1) is 0 Å². The molecule has 9 heteroatoms. The summed E-state index contributed by atoms with van der Waals surface area (Å²) in [6.07, 6.45) is -4.74. The SMILES string of the molecule is N#Cc1c(Nc2ccc(OC(F)(F)F)cc2)n[nH]c1N. The van der Waals surface area contributed by atoms with Gasteiger partial charge in [0.15, 0.2) is 5.82 Å². The van der Waals surface area contributed by atoms with Gasteiger partial charge in [-0.15, -0.1) is 13.2 Å². The van der Waals surface area contributed by atoms with Crippen LogP contribution in [0.5, 0.6) is 5.75 Å². The summed E-state index contributed by atoms with van der Waals surface area (Å²) in [6.45, 7) is 0. The molecule has 0 saturated heterocycles. The van der Waals surface area contributed by atoms with Gasteiger partial charge < -0.3 is 15.8 Å². The van der Waals surface area contributed by atoms with Crippen LogP contribution in [0.4, 0.5) is 30.5 Å². The van der Waals surface area contributed by atoms with Crippen LogP contribution in [0.1, 0.15) is 5.56 Å². The Morgan fingerprint density at radius 1 is 1.30 bits per heavy atom. The van der Waals surface area contributed by atoms with Gasteiger partial charge in [0.25, 0.3) is 0 Å². The third kappa shape index (κ3) is 3.11. The van der Waals surface area contributed by atoms with Crippen LogP contribution in [0.25, 0.3) is 0 Å². The number of rotatable bonds is 3. The van der Waals surface area contributed by atoms with Crippen LogP contribution < -0.4 is 15.8 Å². The first-order valence-corrected chi connectivity index (χ1v) is 5.26. The Hall–Kier alpha value is -2.89. The predicted octanol–water partition coefficient (Wildman–Crippen LogP) is 2.51. The molecule has 1 aromatic heterocycles. The molecule has 0 unspecified atom stereocenters. The highest BCUT2D eigenvalue weighted by Gasteiger charge is 2.30. The van der Waals surface area contributed by atoms with Gasteiger partial charge >= 0.3 is 6.36 Å². The zero-order valence-electron chi connectivity index (χ0n) is 9.82. The Bertz CT molecular complexity index is 642. The Labute approximate surface area is 111 Å². The highest BCUT2D eigenvalue weighted by molar-refractivity contribution is 5.68. The van der Waals surface area contributed by atoms with E-state index in [-0.39, 0.29) is 22.9 Å². The minimum absolute atomic E-state index is 0.104. The maximum Gasteiger partial charge on any atom is 0.573 e. The number of hydrogen-bond acceptors (Lipinski definition) is 5. The van der Waals surface area contributed by atoms with E-state index in [9.17, 15) is 13.2 Å². The van der Waals surface area contributed by atoms with E-state index in [0.717, 1.165) is 12.1 Å². The molecule has 4 N–H and O–H groups in total. The van der Waals surface area contributed by atoms with Crippen molar-refractivity contribution >= 4 is 17.3 Å². The Morgan fingerprint density at radius 2 is 1.95 bits per heavy atom. The molecule has 0 aliphatic heterocycles. The number of aromatic amines is 1. The van der Waals surface area contributed by atoms with E-state index < -0.39 is 6.36 Å². The van der Waals surface area contributed by atoms with E-state index in [1.165, 1.54) is 12.1 Å². The van der Waals surface area contributed by atoms with Crippen molar-refractivity contribution in [2.75, 3.05) is 11.1 Å². The number of halogens is 3. The first-order valence-electron chi connectivity index (χ1n) is 5.26. The largest absolute Gasteiger partial charge is 0.573 e. The number of nitrogens with one attached hydrogen (secondary N) is 2. The maximum atomic E-state index is 12.0. The normalized spacial score (nSPS) is 10.9. The van der Waals surface area contributed by atoms with Gasteiger partial charge in [0.1, 0.15) is 23.2 Å². The average molecular weight is 283 g/mol. The summed E-state index contributed by atoms with van der Waals surface area (Å²) in [7, 11) is 0. The number of benzene rings is 1. The first-order chi connectivity index (χ1) is 9.39. The molecule has 0 radical (unpaired) electrons. The van der Waals surface area contributed by atoms with Crippen molar-refractivity contribution in [3.8, 4) is 11.8 Å². The summed E-state index contributed by atoms with van der Waals surface area (Å²) < 4.78 is 39.7. The van der Waals surface area contributed by atoms with Crippen LogP contribution in [-0.2, 0) is 0 Å². The van der Waals surface area contributed by atoms with Crippen LogP contribution in [0, 0.1) is 11.3 Å². The number of ether oxygens (including phenoxy) is 1. The molecule has 0 atom stereocenters. The molecule has 0 amide bonds. The number of hydrogen-bond donors (Lipinski definition) is 3. The van der Waals surface area contributed by atoms with Crippen LogP contribution in [-0.4, -0.2) is 16.6 Å². The average Bonchev–Trinajstić information content (AvgIpc) is 2.70. The summed E-state index contributed by atoms with van der Waals surface area (Å²) in [6, 6.07) is 6.83. The Balaban J connectivity index is 2.13. The van der Waals surface area contributed by atoms with Crippen molar-refractivity contribution in [3.05, 3.63) is 29.8 Å². The molecule has 2 aromatic rings. The van der Waals surface area contributed by atoms with Crippen LogP contribution in [0.3, 0.4) is 0 Å². The minimum Gasteiger partial charge on any atom is -0.406 e. The lowest BCUT2D eigenvalue weighted by Crippen LogP contribution is -2.16. The quantitative estimate of drug-likeness (QED) is 0.803. The second-order valence-corrected chi connectivity index (χ2v) is 3.67. The number of nitrogen functional groups attached to an aromatic ring is 1. The monoisotopic (exact) mass is 283 g/mol.